The first-order chi connectivity index (χ1) is 6.56. The van der Waals surface area contributed by atoms with Gasteiger partial charge in [-0.3, -0.25) is 9.69 Å². The van der Waals surface area contributed by atoms with Gasteiger partial charge in [-0.25, -0.2) is 0 Å². The summed E-state index contributed by atoms with van der Waals surface area (Å²) in [7, 11) is 1.72. The van der Waals surface area contributed by atoms with Gasteiger partial charge in [0.05, 0.1) is 12.1 Å². The van der Waals surface area contributed by atoms with E-state index in [1.807, 2.05) is 6.92 Å². The summed E-state index contributed by atoms with van der Waals surface area (Å²) in [6, 6.07) is -0.180. The number of ether oxygens (including phenoxy) is 1. The number of primary amides is 1. The van der Waals surface area contributed by atoms with Crippen LogP contribution in [-0.4, -0.2) is 43.2 Å². The molecule has 0 saturated carbocycles. The highest BCUT2D eigenvalue weighted by atomic mass is 16.5. The van der Waals surface area contributed by atoms with E-state index in [-0.39, 0.29) is 18.1 Å². The van der Waals surface area contributed by atoms with Crippen molar-refractivity contribution in [3.8, 4) is 0 Å². The van der Waals surface area contributed by atoms with E-state index in [1.165, 1.54) is 0 Å². The Hall–Kier alpha value is -0.610. The van der Waals surface area contributed by atoms with Gasteiger partial charge in [-0.1, -0.05) is 6.92 Å². The number of rotatable bonds is 3. The summed E-state index contributed by atoms with van der Waals surface area (Å²) in [5, 5.41) is 0. The first-order valence-corrected chi connectivity index (χ1v) is 5.12. The molecule has 4 heteroatoms. The van der Waals surface area contributed by atoms with Crippen LogP contribution in [-0.2, 0) is 9.53 Å². The number of amides is 1. The Kier molecular flexibility index (Phi) is 3.89. The number of nitrogens with zero attached hydrogens (tertiary/aromatic N) is 1. The molecule has 2 N–H and O–H groups in total. The highest BCUT2D eigenvalue weighted by molar-refractivity contribution is 5.79. The third-order valence-electron chi connectivity index (χ3n) is 3.18. The Labute approximate surface area is 85.4 Å². The second-order valence-corrected chi connectivity index (χ2v) is 4.11. The molecule has 3 atom stereocenters. The Morgan fingerprint density at radius 2 is 2.29 bits per heavy atom. The van der Waals surface area contributed by atoms with Crippen molar-refractivity contribution in [3.63, 3.8) is 0 Å². The van der Waals surface area contributed by atoms with Crippen LogP contribution in [0.2, 0.25) is 0 Å². The number of carbonyl (C=O) groups is 1. The number of carbonyl (C=O) groups excluding carboxylic acids is 1. The zero-order chi connectivity index (χ0) is 10.7. The molecule has 82 valence electrons. The van der Waals surface area contributed by atoms with E-state index >= 15 is 0 Å². The Morgan fingerprint density at radius 1 is 1.64 bits per heavy atom. The normalized spacial score (nSPS) is 31.4. The molecule has 1 amide bonds. The van der Waals surface area contributed by atoms with Gasteiger partial charge in [0.15, 0.2) is 0 Å². The minimum absolute atomic E-state index is 0.180. The molecule has 0 aromatic carbocycles. The van der Waals surface area contributed by atoms with Crippen LogP contribution in [0.15, 0.2) is 0 Å². The number of hydrogen-bond donors (Lipinski definition) is 1. The molecule has 0 aliphatic carbocycles. The summed E-state index contributed by atoms with van der Waals surface area (Å²) in [6.45, 7) is 5.78. The van der Waals surface area contributed by atoms with Crippen LogP contribution < -0.4 is 5.73 Å². The second kappa shape index (κ2) is 4.75. The molecule has 0 bridgehead atoms. The minimum atomic E-state index is -0.255. The van der Waals surface area contributed by atoms with Gasteiger partial charge in [0, 0.05) is 13.7 Å². The average Bonchev–Trinajstić information content (AvgIpc) is 2.17. The van der Waals surface area contributed by atoms with Crippen molar-refractivity contribution in [2.45, 2.75) is 32.4 Å². The second-order valence-electron chi connectivity index (χ2n) is 4.11. The predicted molar refractivity (Wildman–Crippen MR) is 54.8 cm³/mol. The summed E-state index contributed by atoms with van der Waals surface area (Å²) < 4.78 is 5.37. The molecule has 1 aliphatic rings. The molecular weight excluding hydrogens is 180 g/mol. The van der Waals surface area contributed by atoms with E-state index < -0.39 is 0 Å². The van der Waals surface area contributed by atoms with Crippen molar-refractivity contribution in [2.75, 3.05) is 20.2 Å². The van der Waals surface area contributed by atoms with E-state index in [0.29, 0.717) is 5.92 Å². The third-order valence-corrected chi connectivity index (χ3v) is 3.18. The maximum absolute atomic E-state index is 11.0. The van der Waals surface area contributed by atoms with Crippen LogP contribution in [0.5, 0.6) is 0 Å². The van der Waals surface area contributed by atoms with Gasteiger partial charge in [0.25, 0.3) is 0 Å². The van der Waals surface area contributed by atoms with E-state index in [2.05, 4.69) is 11.8 Å². The van der Waals surface area contributed by atoms with Gasteiger partial charge >= 0.3 is 0 Å². The Balaban J connectivity index is 2.54. The zero-order valence-corrected chi connectivity index (χ0v) is 9.19. The fraction of sp³-hybridized carbons (Fsp3) is 0.900. The van der Waals surface area contributed by atoms with E-state index in [4.69, 9.17) is 10.5 Å². The lowest BCUT2D eigenvalue weighted by molar-refractivity contribution is -0.124. The Morgan fingerprint density at radius 3 is 2.79 bits per heavy atom. The summed E-state index contributed by atoms with van der Waals surface area (Å²) in [5.41, 5.74) is 5.27. The Bertz CT molecular complexity index is 208. The molecule has 1 aliphatic heterocycles. The van der Waals surface area contributed by atoms with Gasteiger partial charge in [-0.05, 0) is 25.8 Å². The molecule has 1 rings (SSSR count). The lowest BCUT2D eigenvalue weighted by Gasteiger charge is -2.38. The maximum atomic E-state index is 11.0. The number of hydrogen-bond acceptors (Lipinski definition) is 3. The monoisotopic (exact) mass is 200 g/mol. The standard InChI is InChI=1S/C10H20N2O2/c1-7-4-5-12(6-9(7)14-3)8(2)10(11)13/h7-9H,4-6H2,1-3H3,(H2,11,13). The van der Waals surface area contributed by atoms with E-state index in [0.717, 1.165) is 19.5 Å². The largest absolute Gasteiger partial charge is 0.380 e. The smallest absolute Gasteiger partial charge is 0.234 e. The van der Waals surface area contributed by atoms with Crippen LogP contribution >= 0.6 is 0 Å². The van der Waals surface area contributed by atoms with Crippen molar-refractivity contribution < 1.29 is 9.53 Å². The van der Waals surface area contributed by atoms with E-state index in [1.54, 1.807) is 7.11 Å². The molecule has 1 fully saturated rings. The lowest BCUT2D eigenvalue weighted by Crippen LogP contribution is -2.51. The summed E-state index contributed by atoms with van der Waals surface area (Å²) in [6.07, 6.45) is 1.29. The van der Waals surface area contributed by atoms with Crippen molar-refractivity contribution >= 4 is 5.91 Å². The topological polar surface area (TPSA) is 55.6 Å². The van der Waals surface area contributed by atoms with Crippen LogP contribution in [0.3, 0.4) is 0 Å². The van der Waals surface area contributed by atoms with Crippen molar-refractivity contribution in [3.05, 3.63) is 0 Å². The highest BCUT2D eigenvalue weighted by Crippen LogP contribution is 2.20. The highest BCUT2D eigenvalue weighted by Gasteiger charge is 2.30. The molecule has 0 spiro atoms. The average molecular weight is 200 g/mol. The van der Waals surface area contributed by atoms with Gasteiger partial charge in [-0.2, -0.15) is 0 Å². The SMILES string of the molecule is COC1CN(C(C)C(N)=O)CCC1C. The van der Waals surface area contributed by atoms with Gasteiger partial charge in [0.2, 0.25) is 5.91 Å². The first kappa shape index (κ1) is 11.5. The fourth-order valence-electron chi connectivity index (χ4n) is 1.90. The van der Waals surface area contributed by atoms with Crippen LogP contribution in [0.4, 0.5) is 0 Å². The minimum Gasteiger partial charge on any atom is -0.380 e. The van der Waals surface area contributed by atoms with Gasteiger partial charge < -0.3 is 10.5 Å². The van der Waals surface area contributed by atoms with Gasteiger partial charge in [0.1, 0.15) is 0 Å². The van der Waals surface area contributed by atoms with Crippen molar-refractivity contribution in [2.24, 2.45) is 11.7 Å². The molecular formula is C10H20N2O2. The molecule has 1 heterocycles. The van der Waals surface area contributed by atoms with Crippen LogP contribution in [0, 0.1) is 5.92 Å². The molecule has 1 saturated heterocycles. The predicted octanol–water partition coefficient (Wildman–Crippen LogP) is 0.217. The van der Waals surface area contributed by atoms with Crippen molar-refractivity contribution in [1.29, 1.82) is 0 Å². The third kappa shape index (κ3) is 2.45. The fourth-order valence-corrected chi connectivity index (χ4v) is 1.90. The lowest BCUT2D eigenvalue weighted by atomic mass is 9.95. The molecule has 3 unspecified atom stereocenters. The van der Waals surface area contributed by atoms with Crippen LogP contribution in [0.25, 0.3) is 0 Å². The molecule has 4 nitrogen and oxygen atoms in total. The van der Waals surface area contributed by atoms with E-state index in [9.17, 15) is 4.79 Å². The molecule has 0 aromatic heterocycles. The molecule has 0 radical (unpaired) electrons. The number of piperidine rings is 1. The first-order valence-electron chi connectivity index (χ1n) is 5.12. The maximum Gasteiger partial charge on any atom is 0.234 e. The number of methoxy groups -OCH3 is 1. The molecule has 0 aromatic rings. The van der Waals surface area contributed by atoms with Crippen molar-refractivity contribution in [1.82, 2.24) is 4.90 Å². The summed E-state index contributed by atoms with van der Waals surface area (Å²) in [5.74, 6) is 0.311. The number of likely N-dealkylation sites (tertiary alicyclic amines) is 1. The summed E-state index contributed by atoms with van der Waals surface area (Å²) in [4.78, 5) is 13.1. The van der Waals surface area contributed by atoms with Crippen LogP contribution in [0.1, 0.15) is 20.3 Å². The zero-order valence-electron chi connectivity index (χ0n) is 9.19. The number of nitrogens with two attached hydrogens (primary N) is 1. The quantitative estimate of drug-likeness (QED) is 0.709. The molecule has 14 heavy (non-hydrogen) atoms. The van der Waals surface area contributed by atoms with Gasteiger partial charge in [-0.15, -0.1) is 0 Å². The summed E-state index contributed by atoms with van der Waals surface area (Å²) >= 11 is 0.